The summed E-state index contributed by atoms with van der Waals surface area (Å²) in [7, 11) is 2.01. The number of ether oxygens (including phenoxy) is 2. The first-order valence-corrected chi connectivity index (χ1v) is 16.0. The maximum atomic E-state index is 13.8. The van der Waals surface area contributed by atoms with Gasteiger partial charge in [-0.3, -0.25) is 4.79 Å². The van der Waals surface area contributed by atoms with Gasteiger partial charge in [0.05, 0.1) is 18.6 Å². The summed E-state index contributed by atoms with van der Waals surface area (Å²) in [5.74, 6) is 1.26. The summed E-state index contributed by atoms with van der Waals surface area (Å²) in [5, 5.41) is 2.96. The van der Waals surface area contributed by atoms with E-state index in [1.165, 1.54) is 17.5 Å². The second kappa shape index (κ2) is 14.6. The van der Waals surface area contributed by atoms with E-state index in [1.807, 2.05) is 6.07 Å². The Balaban J connectivity index is 1.16. The molecule has 2 aliphatic rings. The molecule has 8 nitrogen and oxygen atoms in total. The van der Waals surface area contributed by atoms with Crippen molar-refractivity contribution >= 4 is 15.9 Å². The molecule has 4 rings (SSSR count). The third kappa shape index (κ3) is 8.28. The van der Waals surface area contributed by atoms with Gasteiger partial charge in [-0.05, 0) is 100.0 Å². The van der Waals surface area contributed by atoms with Crippen molar-refractivity contribution in [1.29, 1.82) is 0 Å². The maximum absolute atomic E-state index is 13.8. The van der Waals surface area contributed by atoms with Crippen molar-refractivity contribution in [3.8, 4) is 5.75 Å². The van der Waals surface area contributed by atoms with Crippen molar-refractivity contribution in [1.82, 2.24) is 14.5 Å². The van der Waals surface area contributed by atoms with E-state index < -0.39 is 10.0 Å². The number of carbonyl (C=O) groups excluding carboxylic acids is 1. The second-order valence-electron chi connectivity index (χ2n) is 11.5. The Morgan fingerprint density at radius 3 is 2.49 bits per heavy atom. The molecule has 0 aromatic heterocycles. The standard InChI is InChI=1S/C31H44FN3O5S/c1-34(2)31(25-6-4-7-26(32)20-25)24-11-9-23(10-12-24)17-18-33-30(36)22-40-21-27-8-5-19-35(27)41(37,38)29-15-13-28(39-3)14-16-29/h4,6-7,13-16,20,23-24,27,31H,5,8-12,17-19,21-22H2,1-3H3,(H,33,36). The minimum Gasteiger partial charge on any atom is -0.497 e. The van der Waals surface area contributed by atoms with Gasteiger partial charge in [-0.15, -0.1) is 0 Å². The third-order valence-electron chi connectivity index (χ3n) is 8.49. The zero-order valence-corrected chi connectivity index (χ0v) is 25.2. The van der Waals surface area contributed by atoms with Gasteiger partial charge in [0.25, 0.3) is 0 Å². The van der Waals surface area contributed by atoms with Crippen molar-refractivity contribution < 1.29 is 27.1 Å². The molecule has 2 unspecified atom stereocenters. The number of hydrogen-bond acceptors (Lipinski definition) is 6. The van der Waals surface area contributed by atoms with E-state index in [4.69, 9.17) is 9.47 Å². The van der Waals surface area contributed by atoms with Crippen LogP contribution in [0.4, 0.5) is 4.39 Å². The maximum Gasteiger partial charge on any atom is 0.245 e. The summed E-state index contributed by atoms with van der Waals surface area (Å²) in [4.78, 5) is 14.8. The first kappa shape index (κ1) is 31.4. The van der Waals surface area contributed by atoms with E-state index in [1.54, 1.807) is 36.4 Å². The molecular weight excluding hydrogens is 545 g/mol. The Kier molecular flexibility index (Phi) is 11.2. The van der Waals surface area contributed by atoms with Crippen LogP contribution < -0.4 is 10.1 Å². The Bertz CT molecular complexity index is 1230. The van der Waals surface area contributed by atoms with E-state index in [0.29, 0.717) is 37.1 Å². The highest BCUT2D eigenvalue weighted by Gasteiger charge is 2.35. The normalized spacial score (nSPS) is 22.5. The summed E-state index contributed by atoms with van der Waals surface area (Å²) in [5.41, 5.74) is 1.03. The molecule has 1 aliphatic heterocycles. The molecular formula is C31H44FN3O5S. The average molecular weight is 590 g/mol. The van der Waals surface area contributed by atoms with E-state index in [2.05, 4.69) is 24.3 Å². The van der Waals surface area contributed by atoms with Crippen LogP contribution in [0.2, 0.25) is 0 Å². The van der Waals surface area contributed by atoms with Crippen LogP contribution in [0.3, 0.4) is 0 Å². The molecule has 1 saturated carbocycles. The van der Waals surface area contributed by atoms with Crippen LogP contribution in [0, 0.1) is 17.7 Å². The quantitative estimate of drug-likeness (QED) is 0.367. The van der Waals surface area contributed by atoms with Crippen LogP contribution in [0.15, 0.2) is 53.4 Å². The SMILES string of the molecule is COc1ccc(S(=O)(=O)N2CCCC2COCC(=O)NCCC2CCC(C(c3cccc(F)c3)N(C)C)CC2)cc1. The van der Waals surface area contributed by atoms with Crippen molar-refractivity contribution in [3.63, 3.8) is 0 Å². The highest BCUT2D eigenvalue weighted by Crippen LogP contribution is 2.40. The predicted molar refractivity (Wildman–Crippen MR) is 157 cm³/mol. The smallest absolute Gasteiger partial charge is 0.245 e. The van der Waals surface area contributed by atoms with Crippen molar-refractivity contribution in [2.75, 3.05) is 47.5 Å². The molecule has 2 fully saturated rings. The first-order valence-electron chi connectivity index (χ1n) is 14.6. The molecule has 1 saturated heterocycles. The molecule has 226 valence electrons. The van der Waals surface area contributed by atoms with Gasteiger partial charge < -0.3 is 19.7 Å². The zero-order valence-electron chi connectivity index (χ0n) is 24.4. The van der Waals surface area contributed by atoms with Crippen LogP contribution >= 0.6 is 0 Å². The number of halogens is 1. The fourth-order valence-electron chi connectivity index (χ4n) is 6.40. The van der Waals surface area contributed by atoms with Crippen molar-refractivity contribution in [2.45, 2.75) is 61.9 Å². The molecule has 2 aromatic carbocycles. The number of sulfonamides is 1. The molecule has 1 heterocycles. The second-order valence-corrected chi connectivity index (χ2v) is 13.4. The molecule has 41 heavy (non-hydrogen) atoms. The topological polar surface area (TPSA) is 88.2 Å². The molecule has 1 amide bonds. The van der Waals surface area contributed by atoms with Gasteiger partial charge in [-0.2, -0.15) is 4.31 Å². The Morgan fingerprint density at radius 1 is 1.10 bits per heavy atom. The lowest BCUT2D eigenvalue weighted by atomic mass is 9.75. The first-order chi connectivity index (χ1) is 19.7. The summed E-state index contributed by atoms with van der Waals surface area (Å²) in [6, 6.07) is 13.2. The van der Waals surface area contributed by atoms with Gasteiger partial charge in [0.2, 0.25) is 15.9 Å². The van der Waals surface area contributed by atoms with Gasteiger partial charge in [0, 0.05) is 25.2 Å². The van der Waals surface area contributed by atoms with Crippen LogP contribution in [-0.2, 0) is 19.6 Å². The summed E-state index contributed by atoms with van der Waals surface area (Å²) < 4.78 is 52.4. The number of hydrogen-bond donors (Lipinski definition) is 1. The average Bonchev–Trinajstić information content (AvgIpc) is 3.43. The van der Waals surface area contributed by atoms with Gasteiger partial charge in [0.15, 0.2) is 0 Å². The van der Waals surface area contributed by atoms with Gasteiger partial charge in [-0.1, -0.05) is 25.0 Å². The number of nitrogens with one attached hydrogen (secondary N) is 1. The summed E-state index contributed by atoms with van der Waals surface area (Å²) in [6.07, 6.45) is 6.73. The molecule has 2 atom stereocenters. The zero-order chi connectivity index (χ0) is 29.4. The monoisotopic (exact) mass is 589 g/mol. The summed E-state index contributed by atoms with van der Waals surface area (Å²) >= 11 is 0. The van der Waals surface area contributed by atoms with Crippen LogP contribution in [0.1, 0.15) is 56.6 Å². The fourth-order valence-corrected chi connectivity index (χ4v) is 8.08. The van der Waals surface area contributed by atoms with E-state index in [9.17, 15) is 17.6 Å². The Labute approximate surface area is 244 Å². The number of nitrogens with zero attached hydrogens (tertiary/aromatic N) is 2. The number of benzene rings is 2. The van der Waals surface area contributed by atoms with Crippen LogP contribution in [0.5, 0.6) is 5.75 Å². The van der Waals surface area contributed by atoms with E-state index >= 15 is 0 Å². The minimum absolute atomic E-state index is 0.0855. The van der Waals surface area contributed by atoms with Gasteiger partial charge >= 0.3 is 0 Å². The molecule has 1 aliphatic carbocycles. The van der Waals surface area contributed by atoms with Crippen molar-refractivity contribution in [2.24, 2.45) is 11.8 Å². The van der Waals surface area contributed by atoms with Crippen LogP contribution in [-0.4, -0.2) is 77.1 Å². The molecule has 0 spiro atoms. The number of carbonyl (C=O) groups is 1. The minimum atomic E-state index is -3.64. The highest BCUT2D eigenvalue weighted by molar-refractivity contribution is 7.89. The summed E-state index contributed by atoms with van der Waals surface area (Å²) in [6.45, 7) is 1.14. The lowest BCUT2D eigenvalue weighted by Crippen LogP contribution is -2.39. The third-order valence-corrected chi connectivity index (χ3v) is 10.5. The predicted octanol–water partition coefficient (Wildman–Crippen LogP) is 4.62. The highest BCUT2D eigenvalue weighted by atomic mass is 32.2. The molecule has 1 N–H and O–H groups in total. The van der Waals surface area contributed by atoms with Gasteiger partial charge in [-0.25, -0.2) is 12.8 Å². The van der Waals surface area contributed by atoms with Crippen molar-refractivity contribution in [3.05, 3.63) is 59.9 Å². The fraction of sp³-hybridized carbons (Fsp3) is 0.581. The largest absolute Gasteiger partial charge is 0.497 e. The van der Waals surface area contributed by atoms with E-state index in [0.717, 1.165) is 44.1 Å². The Hall–Kier alpha value is -2.53. The molecule has 2 aromatic rings. The lowest BCUT2D eigenvalue weighted by Gasteiger charge is -2.37. The molecule has 10 heteroatoms. The number of methoxy groups -OCH3 is 1. The number of amides is 1. The van der Waals surface area contributed by atoms with E-state index in [-0.39, 0.29) is 41.9 Å². The van der Waals surface area contributed by atoms with Crippen LogP contribution in [0.25, 0.3) is 0 Å². The molecule has 0 radical (unpaired) electrons. The molecule has 0 bridgehead atoms. The lowest BCUT2D eigenvalue weighted by molar-refractivity contribution is -0.126. The van der Waals surface area contributed by atoms with Gasteiger partial charge in [0.1, 0.15) is 18.2 Å². The Morgan fingerprint density at radius 2 is 1.83 bits per heavy atom. The number of rotatable bonds is 13.